The maximum Gasteiger partial charge on any atom is 0.331 e. The number of ether oxygens (including phenoxy) is 1. The molecule has 1 aromatic carbocycles. The summed E-state index contributed by atoms with van der Waals surface area (Å²) in [7, 11) is -3.57. The minimum absolute atomic E-state index is 0.155. The third-order valence-corrected chi connectivity index (χ3v) is 3.62. The number of hydrogen-bond donors (Lipinski definition) is 0. The van der Waals surface area contributed by atoms with Crippen molar-refractivity contribution in [2.45, 2.75) is 24.7 Å². The highest BCUT2D eigenvalue weighted by Gasteiger charge is 2.10. The molecule has 1 aromatic rings. The van der Waals surface area contributed by atoms with Gasteiger partial charge in [0.2, 0.25) is 0 Å². The Labute approximate surface area is 107 Å². The molecular weight excluding hydrogens is 252 g/mol. The normalized spacial score (nSPS) is 11.6. The summed E-state index contributed by atoms with van der Waals surface area (Å²) in [6, 6.07) is 7.92. The number of hydrogen-bond acceptors (Lipinski definition) is 4. The van der Waals surface area contributed by atoms with E-state index in [9.17, 15) is 13.2 Å². The summed E-state index contributed by atoms with van der Waals surface area (Å²) in [5.41, 5.74) is 0. The Morgan fingerprint density at radius 3 is 2.56 bits per heavy atom. The molecule has 0 spiro atoms. The van der Waals surface area contributed by atoms with Crippen molar-refractivity contribution in [3.05, 3.63) is 41.8 Å². The summed E-state index contributed by atoms with van der Waals surface area (Å²) in [4.78, 5) is 11.4. The smallest absolute Gasteiger partial charge is 0.331 e. The first-order chi connectivity index (χ1) is 8.56. The second-order valence-corrected chi connectivity index (χ2v) is 5.52. The molecule has 4 nitrogen and oxygen atoms in total. The molecule has 0 amide bonds. The highest BCUT2D eigenvalue weighted by molar-refractivity contribution is 7.94. The highest BCUT2D eigenvalue weighted by atomic mass is 32.2. The van der Waals surface area contributed by atoms with Crippen LogP contribution in [-0.4, -0.2) is 21.0 Å². The van der Waals surface area contributed by atoms with E-state index in [0.717, 1.165) is 24.3 Å². The molecule has 0 N–H and O–H groups in total. The summed E-state index contributed by atoms with van der Waals surface area (Å²) >= 11 is 0. The molecule has 0 atom stereocenters. The minimum Gasteiger partial charge on any atom is -0.463 e. The van der Waals surface area contributed by atoms with E-state index in [2.05, 4.69) is 0 Å². The van der Waals surface area contributed by atoms with E-state index in [0.29, 0.717) is 6.61 Å². The predicted molar refractivity (Wildman–Crippen MR) is 68.6 cm³/mol. The zero-order valence-corrected chi connectivity index (χ0v) is 11.0. The summed E-state index contributed by atoms with van der Waals surface area (Å²) in [5, 5.41) is 0.872. The van der Waals surface area contributed by atoms with Crippen molar-refractivity contribution in [1.29, 1.82) is 0 Å². The number of rotatable bonds is 6. The fourth-order valence-corrected chi connectivity index (χ4v) is 2.18. The van der Waals surface area contributed by atoms with Crippen molar-refractivity contribution in [2.24, 2.45) is 0 Å². The van der Waals surface area contributed by atoms with Crippen LogP contribution in [0, 0.1) is 0 Å². The van der Waals surface area contributed by atoms with E-state index in [4.69, 9.17) is 4.74 Å². The molecule has 0 saturated heterocycles. The topological polar surface area (TPSA) is 60.4 Å². The van der Waals surface area contributed by atoms with Gasteiger partial charge >= 0.3 is 5.97 Å². The average molecular weight is 268 g/mol. The van der Waals surface area contributed by atoms with Crippen LogP contribution in [0.1, 0.15) is 19.8 Å². The number of esters is 1. The van der Waals surface area contributed by atoms with Crippen LogP contribution in [-0.2, 0) is 19.4 Å². The molecule has 98 valence electrons. The first-order valence-corrected chi connectivity index (χ1v) is 7.26. The van der Waals surface area contributed by atoms with Gasteiger partial charge in [-0.25, -0.2) is 13.2 Å². The molecule has 0 aliphatic heterocycles. The van der Waals surface area contributed by atoms with Crippen LogP contribution in [0.5, 0.6) is 0 Å². The molecule has 0 aromatic heterocycles. The Hall–Kier alpha value is -1.62. The fourth-order valence-electron chi connectivity index (χ4n) is 1.20. The van der Waals surface area contributed by atoms with Gasteiger partial charge in [-0.05, 0) is 18.6 Å². The van der Waals surface area contributed by atoms with Gasteiger partial charge in [0.1, 0.15) is 0 Å². The van der Waals surface area contributed by atoms with Crippen molar-refractivity contribution in [2.75, 3.05) is 6.61 Å². The SMILES string of the molecule is CCCCOC(=O)/C=C/S(=O)(=O)c1ccccc1. The molecule has 18 heavy (non-hydrogen) atoms. The lowest BCUT2D eigenvalue weighted by Gasteiger charge is -2.00. The van der Waals surface area contributed by atoms with Crippen LogP contribution in [0.25, 0.3) is 0 Å². The first-order valence-electron chi connectivity index (χ1n) is 5.71. The van der Waals surface area contributed by atoms with Gasteiger partial charge in [0, 0.05) is 11.5 Å². The second-order valence-electron chi connectivity index (χ2n) is 3.68. The van der Waals surface area contributed by atoms with E-state index in [1.807, 2.05) is 6.92 Å². The highest BCUT2D eigenvalue weighted by Crippen LogP contribution is 2.11. The maximum absolute atomic E-state index is 11.8. The Kier molecular flexibility index (Phi) is 5.58. The van der Waals surface area contributed by atoms with E-state index < -0.39 is 15.8 Å². The lowest BCUT2D eigenvalue weighted by Crippen LogP contribution is -2.03. The van der Waals surface area contributed by atoms with Gasteiger partial charge in [-0.2, -0.15) is 0 Å². The summed E-state index contributed by atoms with van der Waals surface area (Å²) in [6.45, 7) is 2.29. The number of benzene rings is 1. The third kappa shape index (κ3) is 4.71. The Morgan fingerprint density at radius 1 is 1.28 bits per heavy atom. The van der Waals surface area contributed by atoms with Crippen LogP contribution < -0.4 is 0 Å². The minimum atomic E-state index is -3.57. The standard InChI is InChI=1S/C13H16O4S/c1-2-3-10-17-13(14)9-11-18(15,16)12-7-5-4-6-8-12/h4-9,11H,2-3,10H2,1H3/b11-9+. The molecule has 0 heterocycles. The molecule has 0 bridgehead atoms. The van der Waals surface area contributed by atoms with E-state index in [1.165, 1.54) is 12.1 Å². The maximum atomic E-state index is 11.8. The number of unbranched alkanes of at least 4 members (excludes halogenated alkanes) is 1. The first kappa shape index (κ1) is 14.4. The van der Waals surface area contributed by atoms with Gasteiger partial charge < -0.3 is 4.74 Å². The van der Waals surface area contributed by atoms with Gasteiger partial charge in [-0.15, -0.1) is 0 Å². The third-order valence-electron chi connectivity index (χ3n) is 2.20. The predicted octanol–water partition coefficient (Wildman–Crippen LogP) is 2.32. The van der Waals surface area contributed by atoms with Crippen LogP contribution in [0.4, 0.5) is 0 Å². The van der Waals surface area contributed by atoms with Gasteiger partial charge in [0.15, 0.2) is 9.84 Å². The molecule has 0 aliphatic rings. The number of carbonyl (C=O) groups is 1. The quantitative estimate of drug-likeness (QED) is 0.451. The van der Waals surface area contributed by atoms with Gasteiger partial charge in [-0.1, -0.05) is 31.5 Å². The fraction of sp³-hybridized carbons (Fsp3) is 0.308. The van der Waals surface area contributed by atoms with Crippen LogP contribution in [0.15, 0.2) is 46.7 Å². The molecule has 0 aliphatic carbocycles. The largest absolute Gasteiger partial charge is 0.463 e. The Morgan fingerprint density at radius 2 is 1.94 bits per heavy atom. The molecule has 0 unspecified atom stereocenters. The zero-order chi connectivity index (χ0) is 13.4. The van der Waals surface area contributed by atoms with Gasteiger partial charge in [-0.3, -0.25) is 0 Å². The number of sulfone groups is 1. The monoisotopic (exact) mass is 268 g/mol. The van der Waals surface area contributed by atoms with Crippen LogP contribution in [0.2, 0.25) is 0 Å². The molecule has 0 fully saturated rings. The van der Waals surface area contributed by atoms with E-state index >= 15 is 0 Å². The average Bonchev–Trinajstić information content (AvgIpc) is 2.38. The molecule has 0 radical (unpaired) electrons. The number of carbonyl (C=O) groups excluding carboxylic acids is 1. The van der Waals surface area contributed by atoms with Crippen molar-refractivity contribution < 1.29 is 17.9 Å². The zero-order valence-electron chi connectivity index (χ0n) is 10.2. The summed E-state index contributed by atoms with van der Waals surface area (Å²) < 4.78 is 28.4. The molecule has 5 heteroatoms. The van der Waals surface area contributed by atoms with E-state index in [1.54, 1.807) is 18.2 Å². The Bertz CT molecular complexity index is 503. The van der Waals surface area contributed by atoms with Crippen LogP contribution >= 0.6 is 0 Å². The lowest BCUT2D eigenvalue weighted by molar-refractivity contribution is -0.137. The van der Waals surface area contributed by atoms with Gasteiger partial charge in [0.05, 0.1) is 11.5 Å². The molecular formula is C13H16O4S. The van der Waals surface area contributed by atoms with Crippen molar-refractivity contribution in [3.8, 4) is 0 Å². The second kappa shape index (κ2) is 6.96. The Balaban J connectivity index is 2.64. The molecule has 0 saturated carbocycles. The van der Waals surface area contributed by atoms with Crippen LogP contribution in [0.3, 0.4) is 0 Å². The molecule has 1 rings (SSSR count). The van der Waals surface area contributed by atoms with Crippen molar-refractivity contribution in [3.63, 3.8) is 0 Å². The lowest BCUT2D eigenvalue weighted by atomic mass is 10.4. The van der Waals surface area contributed by atoms with Crippen molar-refractivity contribution in [1.82, 2.24) is 0 Å². The van der Waals surface area contributed by atoms with Gasteiger partial charge in [0.25, 0.3) is 0 Å². The summed E-state index contributed by atoms with van der Waals surface area (Å²) in [6.07, 6.45) is 2.63. The summed E-state index contributed by atoms with van der Waals surface area (Å²) in [5.74, 6) is -0.636. The van der Waals surface area contributed by atoms with Crippen molar-refractivity contribution >= 4 is 15.8 Å². The van der Waals surface area contributed by atoms with E-state index in [-0.39, 0.29) is 4.90 Å².